The maximum absolute atomic E-state index is 5.46. The van der Waals surface area contributed by atoms with Crippen LogP contribution in [0.4, 0.5) is 0 Å². The second-order valence-corrected chi connectivity index (χ2v) is 7.83. The van der Waals surface area contributed by atoms with Crippen LogP contribution >= 0.6 is 0 Å². The zero-order chi connectivity index (χ0) is 17.4. The van der Waals surface area contributed by atoms with Gasteiger partial charge in [0.1, 0.15) is 0 Å². The maximum Gasteiger partial charge on any atom is 0.191 e. The average Bonchev–Trinajstić information content (AvgIpc) is 3.08. The molecule has 1 atom stereocenters. The second kappa shape index (κ2) is 9.59. The summed E-state index contributed by atoms with van der Waals surface area (Å²) in [6.45, 7) is 16.1. The smallest absolute Gasteiger partial charge is 0.191 e. The van der Waals surface area contributed by atoms with Gasteiger partial charge in [0.25, 0.3) is 0 Å². The Morgan fingerprint density at radius 2 is 1.79 bits per heavy atom. The molecule has 0 bridgehead atoms. The van der Waals surface area contributed by atoms with Crippen LogP contribution in [-0.2, 0) is 4.74 Å². The lowest BCUT2D eigenvalue weighted by Crippen LogP contribution is -2.56. The van der Waals surface area contributed by atoms with Crippen molar-refractivity contribution in [3.8, 4) is 0 Å². The quantitative estimate of drug-likeness (QED) is 0.535. The Morgan fingerprint density at radius 3 is 2.42 bits per heavy atom. The fraction of sp³-hybridized carbons (Fsp3) is 0.944. The van der Waals surface area contributed by atoms with E-state index in [1.54, 1.807) is 0 Å². The lowest BCUT2D eigenvalue weighted by Gasteiger charge is -2.41. The summed E-state index contributed by atoms with van der Waals surface area (Å²) in [6, 6.07) is 0. The van der Waals surface area contributed by atoms with Gasteiger partial charge in [-0.3, -0.25) is 9.89 Å². The Bertz CT molecular complexity index is 387. The number of guanidine groups is 1. The van der Waals surface area contributed by atoms with Crippen LogP contribution in [-0.4, -0.2) is 87.4 Å². The van der Waals surface area contributed by atoms with Crippen LogP contribution in [0.3, 0.4) is 0 Å². The zero-order valence-corrected chi connectivity index (χ0v) is 16.1. The number of aliphatic imine (C=N–C) groups is 1. The summed E-state index contributed by atoms with van der Waals surface area (Å²) >= 11 is 0. The predicted octanol–water partition coefficient (Wildman–Crippen LogP) is 0.994. The molecule has 0 spiro atoms. The Hall–Kier alpha value is -0.850. The molecule has 0 radical (unpaired) electrons. The van der Waals surface area contributed by atoms with E-state index in [-0.39, 0.29) is 5.54 Å². The van der Waals surface area contributed by atoms with Gasteiger partial charge in [-0.1, -0.05) is 6.92 Å². The summed E-state index contributed by atoms with van der Waals surface area (Å²) in [6.07, 6.45) is 2.72. The van der Waals surface area contributed by atoms with E-state index < -0.39 is 0 Å². The number of nitrogens with zero attached hydrogens (tertiary/aromatic N) is 3. The van der Waals surface area contributed by atoms with Gasteiger partial charge in [0.2, 0.25) is 0 Å². The van der Waals surface area contributed by atoms with E-state index in [0.29, 0.717) is 5.92 Å². The highest BCUT2D eigenvalue weighted by Crippen LogP contribution is 2.15. The van der Waals surface area contributed by atoms with Gasteiger partial charge >= 0.3 is 0 Å². The molecule has 0 aliphatic carbocycles. The zero-order valence-electron chi connectivity index (χ0n) is 16.1. The molecule has 6 heteroatoms. The molecule has 2 fully saturated rings. The van der Waals surface area contributed by atoms with E-state index >= 15 is 0 Å². The van der Waals surface area contributed by atoms with Crippen molar-refractivity contribution in [1.29, 1.82) is 0 Å². The number of hydrogen-bond acceptors (Lipinski definition) is 4. The summed E-state index contributed by atoms with van der Waals surface area (Å²) in [7, 11) is 1.85. The third-order valence-corrected chi connectivity index (χ3v) is 5.17. The topological polar surface area (TPSA) is 52.1 Å². The molecule has 6 nitrogen and oxygen atoms in total. The van der Waals surface area contributed by atoms with Crippen LogP contribution < -0.4 is 10.6 Å². The minimum atomic E-state index is 0.0998. The summed E-state index contributed by atoms with van der Waals surface area (Å²) in [5.74, 6) is 1.54. The van der Waals surface area contributed by atoms with Crippen molar-refractivity contribution in [2.45, 2.75) is 39.2 Å². The number of morpholine rings is 1. The van der Waals surface area contributed by atoms with Crippen LogP contribution in [0.5, 0.6) is 0 Å². The number of nitrogens with one attached hydrogen (secondary N) is 2. The summed E-state index contributed by atoms with van der Waals surface area (Å²) in [5, 5.41) is 6.99. The summed E-state index contributed by atoms with van der Waals surface area (Å²) in [5.41, 5.74) is 0.0998. The molecule has 2 heterocycles. The molecule has 24 heavy (non-hydrogen) atoms. The van der Waals surface area contributed by atoms with Crippen LogP contribution in [0, 0.1) is 5.92 Å². The molecular formula is C18H37N5O. The van der Waals surface area contributed by atoms with Crippen molar-refractivity contribution in [1.82, 2.24) is 20.4 Å². The first kappa shape index (κ1) is 19.5. The molecule has 0 amide bonds. The van der Waals surface area contributed by atoms with E-state index in [1.165, 1.54) is 32.5 Å². The molecule has 2 N–H and O–H groups in total. The van der Waals surface area contributed by atoms with Crippen molar-refractivity contribution in [3.05, 3.63) is 0 Å². The minimum Gasteiger partial charge on any atom is -0.379 e. The lowest BCUT2D eigenvalue weighted by atomic mass is 10.0. The minimum absolute atomic E-state index is 0.0998. The third-order valence-electron chi connectivity index (χ3n) is 5.17. The highest BCUT2D eigenvalue weighted by molar-refractivity contribution is 5.79. The molecule has 0 saturated carbocycles. The van der Waals surface area contributed by atoms with Crippen molar-refractivity contribution in [2.75, 3.05) is 66.1 Å². The van der Waals surface area contributed by atoms with Crippen LogP contribution in [0.15, 0.2) is 4.99 Å². The Morgan fingerprint density at radius 1 is 1.12 bits per heavy atom. The van der Waals surface area contributed by atoms with Gasteiger partial charge in [-0.05, 0) is 45.7 Å². The fourth-order valence-corrected chi connectivity index (χ4v) is 3.54. The number of rotatable bonds is 7. The number of likely N-dealkylation sites (tertiary alicyclic amines) is 1. The second-order valence-electron chi connectivity index (χ2n) is 7.83. The SMILES string of the molecule is CN=C(NCC(C)CN1CCCC1)NCC(C)(C)N1CCOCC1. The molecule has 140 valence electrons. The monoisotopic (exact) mass is 339 g/mol. The van der Waals surface area contributed by atoms with Gasteiger partial charge < -0.3 is 20.3 Å². The maximum atomic E-state index is 5.46. The molecule has 2 aliphatic heterocycles. The standard InChI is InChI=1S/C18H37N5O/c1-16(14-22-7-5-6-8-22)13-20-17(19-4)21-15-18(2,3)23-9-11-24-12-10-23/h16H,5-15H2,1-4H3,(H2,19,20,21). The van der Waals surface area contributed by atoms with Crippen molar-refractivity contribution in [2.24, 2.45) is 10.9 Å². The normalized spacial score (nSPS) is 22.6. The van der Waals surface area contributed by atoms with E-state index in [4.69, 9.17) is 4.74 Å². The van der Waals surface area contributed by atoms with Gasteiger partial charge in [-0.25, -0.2) is 0 Å². The first-order chi connectivity index (χ1) is 11.5. The Labute approximate surface area is 148 Å². The molecule has 0 aromatic heterocycles. The third kappa shape index (κ3) is 6.22. The van der Waals surface area contributed by atoms with E-state index in [1.807, 2.05) is 7.05 Å². The molecule has 2 rings (SSSR count). The fourth-order valence-electron chi connectivity index (χ4n) is 3.54. The first-order valence-electron chi connectivity index (χ1n) is 9.51. The average molecular weight is 340 g/mol. The van der Waals surface area contributed by atoms with Crippen molar-refractivity contribution < 1.29 is 4.74 Å². The Kier molecular flexibility index (Phi) is 7.78. The van der Waals surface area contributed by atoms with Gasteiger partial charge in [-0.15, -0.1) is 0 Å². The van der Waals surface area contributed by atoms with Crippen molar-refractivity contribution >= 4 is 5.96 Å². The van der Waals surface area contributed by atoms with Gasteiger partial charge in [0.05, 0.1) is 13.2 Å². The molecule has 1 unspecified atom stereocenters. The predicted molar refractivity (Wildman–Crippen MR) is 101 cm³/mol. The largest absolute Gasteiger partial charge is 0.379 e. The number of ether oxygens (including phenoxy) is 1. The lowest BCUT2D eigenvalue weighted by molar-refractivity contribution is -0.00834. The molecule has 0 aromatic rings. The van der Waals surface area contributed by atoms with Gasteiger partial charge in [0.15, 0.2) is 5.96 Å². The number of hydrogen-bond donors (Lipinski definition) is 2. The molecule has 2 aliphatic rings. The highest BCUT2D eigenvalue weighted by Gasteiger charge is 2.28. The summed E-state index contributed by atoms with van der Waals surface area (Å²) in [4.78, 5) is 9.44. The van der Waals surface area contributed by atoms with E-state index in [2.05, 4.69) is 46.2 Å². The molecule has 0 aromatic carbocycles. The summed E-state index contributed by atoms with van der Waals surface area (Å²) < 4.78 is 5.46. The molecular weight excluding hydrogens is 302 g/mol. The van der Waals surface area contributed by atoms with Gasteiger partial charge in [-0.2, -0.15) is 0 Å². The Balaban J connectivity index is 1.69. The van der Waals surface area contributed by atoms with Crippen molar-refractivity contribution in [3.63, 3.8) is 0 Å². The highest BCUT2D eigenvalue weighted by atomic mass is 16.5. The van der Waals surface area contributed by atoms with Crippen LogP contribution in [0.25, 0.3) is 0 Å². The molecule has 2 saturated heterocycles. The van der Waals surface area contributed by atoms with Crippen LogP contribution in [0.1, 0.15) is 33.6 Å². The first-order valence-corrected chi connectivity index (χ1v) is 9.51. The van der Waals surface area contributed by atoms with E-state index in [9.17, 15) is 0 Å². The van der Waals surface area contributed by atoms with Gasteiger partial charge in [0, 0.05) is 45.3 Å². The van der Waals surface area contributed by atoms with E-state index in [0.717, 1.165) is 45.4 Å². The van der Waals surface area contributed by atoms with Crippen LogP contribution in [0.2, 0.25) is 0 Å².